The number of carbonyl (C=O) groups excluding carboxylic acids is 1. The summed E-state index contributed by atoms with van der Waals surface area (Å²) in [5.41, 5.74) is 4.24. The van der Waals surface area contributed by atoms with Crippen molar-refractivity contribution in [1.29, 1.82) is 0 Å². The van der Waals surface area contributed by atoms with Gasteiger partial charge in [0.25, 0.3) is 0 Å². The van der Waals surface area contributed by atoms with Gasteiger partial charge in [0.1, 0.15) is 0 Å². The number of carbonyl (C=O) groups is 1. The molecule has 2 fully saturated rings. The minimum absolute atomic E-state index is 0.0873. The molecule has 0 aromatic heterocycles. The predicted molar refractivity (Wildman–Crippen MR) is 88.7 cm³/mol. The van der Waals surface area contributed by atoms with E-state index in [0.29, 0.717) is 6.42 Å². The zero-order valence-electron chi connectivity index (χ0n) is 14.2. The highest BCUT2D eigenvalue weighted by Gasteiger charge is 2.43. The maximum Gasteiger partial charge on any atom is 0.223 e. The van der Waals surface area contributed by atoms with Crippen molar-refractivity contribution < 1.29 is 9.22 Å². The van der Waals surface area contributed by atoms with Gasteiger partial charge in [-0.1, -0.05) is 27.4 Å². The number of hydrogen-bond acceptors (Lipinski definition) is 2. The molecule has 2 saturated heterocycles. The first-order chi connectivity index (χ1) is 9.67. The summed E-state index contributed by atoms with van der Waals surface area (Å²) >= 11 is 0. The van der Waals surface area contributed by atoms with Crippen LogP contribution in [-0.4, -0.2) is 37.8 Å². The lowest BCUT2D eigenvalue weighted by atomic mass is 9.99. The maximum atomic E-state index is 12.0. The van der Waals surface area contributed by atoms with Crippen molar-refractivity contribution in [2.45, 2.75) is 76.7 Å². The maximum absolute atomic E-state index is 12.0. The van der Waals surface area contributed by atoms with Gasteiger partial charge < -0.3 is 9.33 Å². The Morgan fingerprint density at radius 2 is 2.00 bits per heavy atom. The molecule has 2 aliphatic rings. The quantitative estimate of drug-likeness (QED) is 0.572. The number of nitrogens with zero attached hydrogens (tertiary/aromatic N) is 1. The fraction of sp³-hybridized carbons (Fsp3) is 0.765. The van der Waals surface area contributed by atoms with Crippen LogP contribution in [-0.2, 0) is 9.22 Å². The van der Waals surface area contributed by atoms with Crippen LogP contribution in [0.15, 0.2) is 17.9 Å². The van der Waals surface area contributed by atoms with E-state index < -0.39 is 8.32 Å². The van der Waals surface area contributed by atoms with E-state index in [0.717, 1.165) is 31.4 Å². The Hall–Kier alpha value is -0.833. The van der Waals surface area contributed by atoms with Crippen LogP contribution in [0.25, 0.3) is 0 Å². The third-order valence-corrected chi connectivity index (χ3v) is 9.83. The average molecular weight is 308 g/mol. The Kier molecular flexibility index (Phi) is 4.53. The number of fused-ring (bicyclic) bond motifs is 1. The van der Waals surface area contributed by atoms with Gasteiger partial charge in [0.2, 0.25) is 5.91 Å². The van der Waals surface area contributed by atoms with E-state index in [4.69, 9.17) is 4.43 Å². The van der Waals surface area contributed by atoms with Gasteiger partial charge >= 0.3 is 0 Å². The first-order valence-corrected chi connectivity index (χ1v) is 11.0. The van der Waals surface area contributed by atoms with Crippen LogP contribution < -0.4 is 0 Å². The summed E-state index contributed by atoms with van der Waals surface area (Å²) in [4.78, 5) is 14.0. The van der Waals surface area contributed by atoms with Crippen LogP contribution in [0, 0.1) is 0 Å². The zero-order chi connectivity index (χ0) is 15.8. The van der Waals surface area contributed by atoms with E-state index in [1.165, 1.54) is 0 Å². The molecule has 0 bridgehead atoms. The highest BCUT2D eigenvalue weighted by atomic mass is 28.4. The molecule has 0 spiro atoms. The first-order valence-electron chi connectivity index (χ1n) is 8.04. The molecular weight excluding hydrogens is 278 g/mol. The highest BCUT2D eigenvalue weighted by Crippen LogP contribution is 2.40. The molecule has 0 aromatic rings. The van der Waals surface area contributed by atoms with Gasteiger partial charge in [-0.15, -0.1) is 5.73 Å². The van der Waals surface area contributed by atoms with Gasteiger partial charge in [-0.2, -0.15) is 0 Å². The molecule has 0 radical (unpaired) electrons. The van der Waals surface area contributed by atoms with Crippen molar-refractivity contribution in [1.82, 2.24) is 4.90 Å². The van der Waals surface area contributed by atoms with E-state index in [2.05, 4.69) is 46.2 Å². The predicted octanol–water partition coefficient (Wildman–Crippen LogP) is 3.87. The summed E-state index contributed by atoms with van der Waals surface area (Å²) in [6.07, 6.45) is 3.62. The SMILES string of the molecule is C=C=C1[C@@H](O[Si](C)(C)C(C)(C)C)CCCN2C(=O)CC[C@H]12. The monoisotopic (exact) mass is 307 g/mol. The molecule has 0 N–H and O–H groups in total. The molecule has 118 valence electrons. The third-order valence-electron chi connectivity index (χ3n) is 5.35. The molecule has 2 atom stereocenters. The summed E-state index contributed by atoms with van der Waals surface area (Å²) in [6, 6.07) is 0.173. The lowest BCUT2D eigenvalue weighted by molar-refractivity contribution is -0.128. The van der Waals surface area contributed by atoms with E-state index in [9.17, 15) is 4.79 Å². The molecule has 3 nitrogen and oxygen atoms in total. The molecule has 0 unspecified atom stereocenters. The second-order valence-corrected chi connectivity index (χ2v) is 12.5. The van der Waals surface area contributed by atoms with Crippen molar-refractivity contribution in [2.24, 2.45) is 0 Å². The minimum atomic E-state index is -1.83. The first kappa shape index (κ1) is 16.5. The van der Waals surface area contributed by atoms with Gasteiger partial charge in [-0.05, 0) is 37.4 Å². The van der Waals surface area contributed by atoms with E-state index in [-0.39, 0.29) is 23.1 Å². The molecule has 0 aliphatic carbocycles. The molecule has 2 aliphatic heterocycles. The molecule has 2 heterocycles. The Labute approximate surface area is 130 Å². The third kappa shape index (κ3) is 3.18. The van der Waals surface area contributed by atoms with Crippen LogP contribution >= 0.6 is 0 Å². The lowest BCUT2D eigenvalue weighted by Crippen LogP contribution is -2.45. The van der Waals surface area contributed by atoms with Crippen LogP contribution in [0.4, 0.5) is 0 Å². The Balaban J connectivity index is 2.24. The van der Waals surface area contributed by atoms with Crippen LogP contribution in [0.2, 0.25) is 18.1 Å². The fourth-order valence-electron chi connectivity index (χ4n) is 3.04. The standard InChI is InChI=1S/C17H29NO2Si/c1-7-13-14-10-11-16(19)18(14)12-8-9-15(13)20-21(5,6)17(2,3)4/h14-15H,1,8-12H2,2-6H3/t14-,15+/m1/s1. The average Bonchev–Trinajstić information content (AvgIpc) is 2.62. The molecule has 21 heavy (non-hydrogen) atoms. The van der Waals surface area contributed by atoms with Gasteiger partial charge in [0.05, 0.1) is 12.1 Å². The van der Waals surface area contributed by atoms with Crippen LogP contribution in [0.3, 0.4) is 0 Å². The van der Waals surface area contributed by atoms with E-state index in [1.54, 1.807) is 0 Å². The second kappa shape index (κ2) is 5.75. The van der Waals surface area contributed by atoms with Crippen LogP contribution in [0.1, 0.15) is 46.5 Å². The van der Waals surface area contributed by atoms with Crippen molar-refractivity contribution in [3.05, 3.63) is 17.9 Å². The molecular formula is C17H29NO2Si. The molecule has 0 saturated carbocycles. The van der Waals surface area contributed by atoms with E-state index in [1.807, 2.05) is 4.90 Å². The number of amides is 1. The van der Waals surface area contributed by atoms with Crippen molar-refractivity contribution >= 4 is 14.2 Å². The molecule has 2 rings (SSSR count). The smallest absolute Gasteiger partial charge is 0.223 e. The van der Waals surface area contributed by atoms with Gasteiger partial charge in [0.15, 0.2) is 8.32 Å². The zero-order valence-corrected chi connectivity index (χ0v) is 15.2. The molecule has 0 aromatic carbocycles. The Morgan fingerprint density at radius 3 is 2.57 bits per heavy atom. The van der Waals surface area contributed by atoms with Crippen molar-refractivity contribution in [2.75, 3.05) is 6.54 Å². The van der Waals surface area contributed by atoms with Crippen LogP contribution in [0.5, 0.6) is 0 Å². The summed E-state index contributed by atoms with van der Waals surface area (Å²) in [7, 11) is -1.83. The second-order valence-electron chi connectivity index (χ2n) is 7.78. The normalized spacial score (nSPS) is 27.4. The molecule has 1 amide bonds. The lowest BCUT2D eigenvalue weighted by Gasteiger charge is -2.40. The van der Waals surface area contributed by atoms with Gasteiger partial charge in [-0.25, -0.2) is 0 Å². The topological polar surface area (TPSA) is 29.5 Å². The van der Waals surface area contributed by atoms with Crippen molar-refractivity contribution in [3.8, 4) is 0 Å². The number of rotatable bonds is 2. The summed E-state index contributed by atoms with van der Waals surface area (Å²) in [6.45, 7) is 16.1. The summed E-state index contributed by atoms with van der Waals surface area (Å²) in [5, 5.41) is 0.191. The minimum Gasteiger partial charge on any atom is -0.410 e. The fourth-order valence-corrected chi connectivity index (χ4v) is 4.35. The molecule has 4 heteroatoms. The Bertz CT molecular complexity index is 472. The number of hydrogen-bond donors (Lipinski definition) is 0. The largest absolute Gasteiger partial charge is 0.410 e. The van der Waals surface area contributed by atoms with E-state index >= 15 is 0 Å². The summed E-state index contributed by atoms with van der Waals surface area (Å²) in [5.74, 6) is 0.278. The van der Waals surface area contributed by atoms with Crippen molar-refractivity contribution in [3.63, 3.8) is 0 Å². The van der Waals surface area contributed by atoms with Gasteiger partial charge in [0, 0.05) is 18.5 Å². The summed E-state index contributed by atoms with van der Waals surface area (Å²) < 4.78 is 6.63. The van der Waals surface area contributed by atoms with Gasteiger partial charge in [-0.3, -0.25) is 4.79 Å². The highest BCUT2D eigenvalue weighted by molar-refractivity contribution is 6.74. The Morgan fingerprint density at radius 1 is 1.33 bits per heavy atom.